The maximum atomic E-state index is 12.2. The molecule has 0 spiro atoms. The van der Waals surface area contributed by atoms with Crippen LogP contribution in [0.2, 0.25) is 0 Å². The fourth-order valence-electron chi connectivity index (χ4n) is 2.84. The van der Waals surface area contributed by atoms with E-state index in [4.69, 9.17) is 14.2 Å². The molecule has 1 aromatic rings. The van der Waals surface area contributed by atoms with Crippen molar-refractivity contribution in [3.05, 3.63) is 18.2 Å². The smallest absolute Gasteiger partial charge is 0.225 e. The zero-order valence-corrected chi connectivity index (χ0v) is 14.3. The number of anilines is 1. The van der Waals surface area contributed by atoms with Crippen molar-refractivity contribution < 1.29 is 19.0 Å². The quantitative estimate of drug-likeness (QED) is 0.869. The van der Waals surface area contributed by atoms with Crippen molar-refractivity contribution in [2.45, 2.75) is 32.5 Å². The highest BCUT2D eigenvalue weighted by Crippen LogP contribution is 2.29. The van der Waals surface area contributed by atoms with Crippen molar-refractivity contribution in [1.82, 2.24) is 4.90 Å². The van der Waals surface area contributed by atoms with E-state index >= 15 is 0 Å². The average Bonchev–Trinajstić information content (AvgIpc) is 2.52. The van der Waals surface area contributed by atoms with Crippen LogP contribution < -0.4 is 14.8 Å². The summed E-state index contributed by atoms with van der Waals surface area (Å²) < 4.78 is 16.1. The van der Waals surface area contributed by atoms with Gasteiger partial charge in [0.05, 0.1) is 32.1 Å². The van der Waals surface area contributed by atoms with Crippen molar-refractivity contribution in [3.63, 3.8) is 0 Å². The SMILES string of the molecule is COc1ccc(NC(=O)CCN2C[C@@H](C)O[C@@H](C)C2)c(OC)c1. The Morgan fingerprint density at radius 2 is 1.96 bits per heavy atom. The minimum absolute atomic E-state index is 0.0275. The van der Waals surface area contributed by atoms with E-state index in [1.54, 1.807) is 32.4 Å². The van der Waals surface area contributed by atoms with E-state index in [0.717, 1.165) is 19.6 Å². The lowest BCUT2D eigenvalue weighted by Gasteiger charge is -2.35. The molecule has 2 rings (SSSR count). The molecular weight excluding hydrogens is 296 g/mol. The van der Waals surface area contributed by atoms with Crippen LogP contribution in [0.1, 0.15) is 20.3 Å². The molecule has 0 bridgehead atoms. The second-order valence-corrected chi connectivity index (χ2v) is 5.88. The largest absolute Gasteiger partial charge is 0.497 e. The fraction of sp³-hybridized carbons (Fsp3) is 0.588. The Kier molecular flexibility index (Phi) is 6.24. The molecule has 128 valence electrons. The number of morpholine rings is 1. The lowest BCUT2D eigenvalue weighted by atomic mass is 10.2. The van der Waals surface area contributed by atoms with Crippen molar-refractivity contribution in [3.8, 4) is 11.5 Å². The van der Waals surface area contributed by atoms with Crippen LogP contribution in [-0.2, 0) is 9.53 Å². The van der Waals surface area contributed by atoms with Gasteiger partial charge in [-0.2, -0.15) is 0 Å². The first-order valence-electron chi connectivity index (χ1n) is 7.91. The number of nitrogens with zero attached hydrogens (tertiary/aromatic N) is 1. The molecule has 1 saturated heterocycles. The topological polar surface area (TPSA) is 60.0 Å². The molecule has 2 atom stereocenters. The van der Waals surface area contributed by atoms with Gasteiger partial charge in [0, 0.05) is 32.1 Å². The second-order valence-electron chi connectivity index (χ2n) is 5.88. The predicted molar refractivity (Wildman–Crippen MR) is 89.2 cm³/mol. The van der Waals surface area contributed by atoms with E-state index < -0.39 is 0 Å². The fourth-order valence-corrected chi connectivity index (χ4v) is 2.84. The number of amides is 1. The third-order valence-electron chi connectivity index (χ3n) is 3.83. The van der Waals surface area contributed by atoms with Gasteiger partial charge in [-0.3, -0.25) is 9.69 Å². The molecule has 1 N–H and O–H groups in total. The number of hydrogen-bond acceptors (Lipinski definition) is 5. The van der Waals surface area contributed by atoms with Gasteiger partial charge >= 0.3 is 0 Å². The van der Waals surface area contributed by atoms with Crippen molar-refractivity contribution in [2.24, 2.45) is 0 Å². The highest BCUT2D eigenvalue weighted by molar-refractivity contribution is 5.92. The van der Waals surface area contributed by atoms with Crippen LogP contribution in [0.3, 0.4) is 0 Å². The summed E-state index contributed by atoms with van der Waals surface area (Å²) in [4.78, 5) is 14.5. The number of hydrogen-bond donors (Lipinski definition) is 1. The maximum absolute atomic E-state index is 12.2. The molecule has 0 unspecified atom stereocenters. The minimum Gasteiger partial charge on any atom is -0.497 e. The van der Waals surface area contributed by atoms with Gasteiger partial charge in [0.15, 0.2) is 0 Å². The summed E-state index contributed by atoms with van der Waals surface area (Å²) in [5.74, 6) is 1.25. The first-order valence-corrected chi connectivity index (χ1v) is 7.91. The van der Waals surface area contributed by atoms with E-state index in [2.05, 4.69) is 24.1 Å². The summed E-state index contributed by atoms with van der Waals surface area (Å²) in [6.45, 7) is 6.57. The van der Waals surface area contributed by atoms with Crippen LogP contribution in [0.25, 0.3) is 0 Å². The van der Waals surface area contributed by atoms with E-state index in [1.807, 2.05) is 0 Å². The Labute approximate surface area is 137 Å². The molecule has 0 aromatic heterocycles. The van der Waals surface area contributed by atoms with Crippen LogP contribution in [0.4, 0.5) is 5.69 Å². The van der Waals surface area contributed by atoms with Gasteiger partial charge in [0.2, 0.25) is 5.91 Å². The molecule has 1 aromatic carbocycles. The maximum Gasteiger partial charge on any atom is 0.225 e. The van der Waals surface area contributed by atoms with E-state index in [9.17, 15) is 4.79 Å². The number of methoxy groups -OCH3 is 2. The normalized spacial score (nSPS) is 21.7. The van der Waals surface area contributed by atoms with Crippen LogP contribution in [0.15, 0.2) is 18.2 Å². The molecule has 1 amide bonds. The van der Waals surface area contributed by atoms with Gasteiger partial charge in [0.1, 0.15) is 11.5 Å². The van der Waals surface area contributed by atoms with Gasteiger partial charge in [0.25, 0.3) is 0 Å². The lowest BCUT2D eigenvalue weighted by Crippen LogP contribution is -2.46. The summed E-state index contributed by atoms with van der Waals surface area (Å²) >= 11 is 0. The zero-order valence-electron chi connectivity index (χ0n) is 14.3. The average molecular weight is 322 g/mol. The summed E-state index contributed by atoms with van der Waals surface area (Å²) in [6, 6.07) is 5.33. The minimum atomic E-state index is -0.0275. The molecule has 1 heterocycles. The molecule has 0 aliphatic carbocycles. The Balaban J connectivity index is 1.87. The molecule has 1 aliphatic rings. The summed E-state index contributed by atoms with van der Waals surface area (Å²) in [7, 11) is 3.16. The lowest BCUT2D eigenvalue weighted by molar-refractivity contribution is -0.117. The van der Waals surface area contributed by atoms with Crippen molar-refractivity contribution in [2.75, 3.05) is 39.2 Å². The predicted octanol–water partition coefficient (Wildman–Crippen LogP) is 2.14. The van der Waals surface area contributed by atoms with Gasteiger partial charge in [-0.15, -0.1) is 0 Å². The zero-order chi connectivity index (χ0) is 16.8. The van der Waals surface area contributed by atoms with Gasteiger partial charge in [-0.1, -0.05) is 0 Å². The van der Waals surface area contributed by atoms with Crippen LogP contribution in [0.5, 0.6) is 11.5 Å². The standard InChI is InChI=1S/C17H26N2O4/c1-12-10-19(11-13(2)23-12)8-7-17(20)18-15-6-5-14(21-3)9-16(15)22-4/h5-6,9,12-13H,7-8,10-11H2,1-4H3,(H,18,20)/t12-,13+. The summed E-state index contributed by atoms with van der Waals surface area (Å²) in [6.07, 6.45) is 0.862. The summed E-state index contributed by atoms with van der Waals surface area (Å²) in [5.41, 5.74) is 0.655. The van der Waals surface area contributed by atoms with E-state index in [-0.39, 0.29) is 18.1 Å². The Hall–Kier alpha value is -1.79. The highest BCUT2D eigenvalue weighted by atomic mass is 16.5. The first kappa shape index (κ1) is 17.6. The molecule has 6 nitrogen and oxygen atoms in total. The van der Waals surface area contributed by atoms with Gasteiger partial charge in [-0.25, -0.2) is 0 Å². The summed E-state index contributed by atoms with van der Waals surface area (Å²) in [5, 5.41) is 2.90. The second kappa shape index (κ2) is 8.17. The Bertz CT molecular complexity index is 525. The third kappa shape index (κ3) is 5.11. The molecule has 6 heteroatoms. The van der Waals surface area contributed by atoms with Gasteiger partial charge in [-0.05, 0) is 26.0 Å². The Morgan fingerprint density at radius 1 is 1.26 bits per heavy atom. The monoisotopic (exact) mass is 322 g/mol. The molecular formula is C17H26N2O4. The van der Waals surface area contributed by atoms with Crippen molar-refractivity contribution >= 4 is 11.6 Å². The molecule has 0 radical (unpaired) electrons. The number of nitrogens with one attached hydrogen (secondary N) is 1. The number of benzene rings is 1. The molecule has 23 heavy (non-hydrogen) atoms. The van der Waals surface area contributed by atoms with E-state index in [1.165, 1.54) is 0 Å². The number of rotatable bonds is 6. The van der Waals surface area contributed by atoms with Crippen LogP contribution in [-0.4, -0.2) is 56.9 Å². The van der Waals surface area contributed by atoms with Crippen LogP contribution in [0, 0.1) is 0 Å². The molecule has 1 fully saturated rings. The highest BCUT2D eigenvalue weighted by Gasteiger charge is 2.22. The third-order valence-corrected chi connectivity index (χ3v) is 3.83. The van der Waals surface area contributed by atoms with Gasteiger partial charge < -0.3 is 19.5 Å². The van der Waals surface area contributed by atoms with E-state index in [0.29, 0.717) is 23.6 Å². The number of carbonyl (C=O) groups is 1. The van der Waals surface area contributed by atoms with Crippen molar-refractivity contribution in [1.29, 1.82) is 0 Å². The Morgan fingerprint density at radius 3 is 2.57 bits per heavy atom. The molecule has 1 aliphatic heterocycles. The molecule has 0 saturated carbocycles. The number of carbonyl (C=O) groups excluding carboxylic acids is 1. The number of ether oxygens (including phenoxy) is 3. The van der Waals surface area contributed by atoms with Crippen LogP contribution >= 0.6 is 0 Å². The first-order chi connectivity index (χ1) is 11.0.